The standard InChI is InChI=1S/C14H15N3OS/c1-17(10-5-3-6-11(9-10)18-2)12-7-4-8-16-13(12)14(15)19/h3-9H,1-2H3,(H2,15,19). The van der Waals surface area contributed by atoms with E-state index in [0.717, 1.165) is 17.1 Å². The third kappa shape index (κ3) is 2.82. The topological polar surface area (TPSA) is 51.4 Å². The second kappa shape index (κ2) is 5.67. The van der Waals surface area contributed by atoms with E-state index in [1.165, 1.54) is 0 Å². The molecule has 0 amide bonds. The molecule has 0 atom stereocenters. The van der Waals surface area contributed by atoms with Crippen molar-refractivity contribution in [2.24, 2.45) is 5.73 Å². The summed E-state index contributed by atoms with van der Waals surface area (Å²) in [6.07, 6.45) is 1.68. The maximum absolute atomic E-state index is 5.70. The predicted octanol–water partition coefficient (Wildman–Crippen LogP) is 2.49. The summed E-state index contributed by atoms with van der Waals surface area (Å²) in [6, 6.07) is 11.5. The normalized spacial score (nSPS) is 10.0. The number of pyridine rings is 1. The third-order valence-electron chi connectivity index (χ3n) is 2.82. The molecule has 1 heterocycles. The van der Waals surface area contributed by atoms with Gasteiger partial charge in [-0.1, -0.05) is 18.3 Å². The Bertz CT molecular complexity index is 601. The summed E-state index contributed by atoms with van der Waals surface area (Å²) >= 11 is 5.03. The van der Waals surface area contributed by atoms with Crippen LogP contribution < -0.4 is 15.4 Å². The molecule has 0 aliphatic heterocycles. The molecule has 0 saturated carbocycles. The molecule has 2 aromatic rings. The average molecular weight is 273 g/mol. The zero-order chi connectivity index (χ0) is 13.8. The summed E-state index contributed by atoms with van der Waals surface area (Å²) < 4.78 is 5.23. The number of aromatic nitrogens is 1. The summed E-state index contributed by atoms with van der Waals surface area (Å²) in [6.45, 7) is 0. The van der Waals surface area contributed by atoms with Gasteiger partial charge in [0.2, 0.25) is 0 Å². The largest absolute Gasteiger partial charge is 0.497 e. The van der Waals surface area contributed by atoms with Crippen LogP contribution in [0.5, 0.6) is 5.75 Å². The molecule has 1 aromatic heterocycles. The fourth-order valence-corrected chi connectivity index (χ4v) is 1.97. The molecule has 0 aliphatic rings. The smallest absolute Gasteiger partial charge is 0.124 e. The molecule has 0 bridgehead atoms. The molecule has 0 fully saturated rings. The molecule has 0 saturated heterocycles. The highest BCUT2D eigenvalue weighted by Gasteiger charge is 2.12. The molecule has 2 rings (SSSR count). The molecule has 19 heavy (non-hydrogen) atoms. The quantitative estimate of drug-likeness (QED) is 0.867. The van der Waals surface area contributed by atoms with Crippen molar-refractivity contribution in [2.45, 2.75) is 0 Å². The van der Waals surface area contributed by atoms with Crippen LogP contribution >= 0.6 is 12.2 Å². The summed E-state index contributed by atoms with van der Waals surface area (Å²) in [4.78, 5) is 6.49. The lowest BCUT2D eigenvalue weighted by Gasteiger charge is -2.21. The highest BCUT2D eigenvalue weighted by Crippen LogP contribution is 2.28. The van der Waals surface area contributed by atoms with E-state index in [9.17, 15) is 0 Å². The maximum atomic E-state index is 5.70. The van der Waals surface area contributed by atoms with E-state index in [-0.39, 0.29) is 4.99 Å². The SMILES string of the molecule is COc1cccc(N(C)c2cccnc2C(N)=S)c1. The zero-order valence-electron chi connectivity index (χ0n) is 10.8. The van der Waals surface area contributed by atoms with Gasteiger partial charge in [0, 0.05) is 25.0 Å². The van der Waals surface area contributed by atoms with Crippen LogP contribution in [-0.4, -0.2) is 24.1 Å². The molecule has 4 nitrogen and oxygen atoms in total. The van der Waals surface area contributed by atoms with Gasteiger partial charge in [0.15, 0.2) is 0 Å². The van der Waals surface area contributed by atoms with Gasteiger partial charge in [0.25, 0.3) is 0 Å². The molecule has 2 N–H and O–H groups in total. The minimum atomic E-state index is 0.283. The van der Waals surface area contributed by atoms with E-state index in [2.05, 4.69) is 4.98 Å². The number of methoxy groups -OCH3 is 1. The van der Waals surface area contributed by atoms with Crippen LogP contribution in [0.1, 0.15) is 5.69 Å². The van der Waals surface area contributed by atoms with Crippen molar-refractivity contribution in [3.05, 3.63) is 48.3 Å². The lowest BCUT2D eigenvalue weighted by Crippen LogP contribution is -2.19. The Hall–Kier alpha value is -2.14. The first-order chi connectivity index (χ1) is 9.13. The number of nitrogens with zero attached hydrogens (tertiary/aromatic N) is 2. The highest BCUT2D eigenvalue weighted by atomic mass is 32.1. The number of ether oxygens (including phenoxy) is 1. The van der Waals surface area contributed by atoms with E-state index in [1.54, 1.807) is 13.3 Å². The Kier molecular flexibility index (Phi) is 3.97. The Morgan fingerprint density at radius 2 is 2.11 bits per heavy atom. The van der Waals surface area contributed by atoms with Gasteiger partial charge in [-0.2, -0.15) is 0 Å². The average Bonchev–Trinajstić information content (AvgIpc) is 2.46. The van der Waals surface area contributed by atoms with Gasteiger partial charge in [-0.3, -0.25) is 4.98 Å². The molecule has 0 spiro atoms. The van der Waals surface area contributed by atoms with E-state index in [4.69, 9.17) is 22.7 Å². The van der Waals surface area contributed by atoms with Gasteiger partial charge in [0.05, 0.1) is 12.8 Å². The Balaban J connectivity index is 2.43. The van der Waals surface area contributed by atoms with Gasteiger partial charge >= 0.3 is 0 Å². The maximum Gasteiger partial charge on any atom is 0.124 e. The van der Waals surface area contributed by atoms with Crippen molar-refractivity contribution in [1.29, 1.82) is 0 Å². The lowest BCUT2D eigenvalue weighted by molar-refractivity contribution is 0.415. The molecular formula is C14H15N3OS. The van der Waals surface area contributed by atoms with Crippen LogP contribution in [0.25, 0.3) is 0 Å². The molecule has 0 aliphatic carbocycles. The van der Waals surface area contributed by atoms with Gasteiger partial charge < -0.3 is 15.4 Å². The first-order valence-electron chi connectivity index (χ1n) is 5.76. The molecule has 1 aromatic carbocycles. The number of hydrogen-bond acceptors (Lipinski definition) is 4. The molecule has 0 unspecified atom stereocenters. The summed E-state index contributed by atoms with van der Waals surface area (Å²) in [5.74, 6) is 0.796. The van der Waals surface area contributed by atoms with Crippen LogP contribution in [0.4, 0.5) is 11.4 Å². The van der Waals surface area contributed by atoms with Gasteiger partial charge in [-0.25, -0.2) is 0 Å². The number of anilines is 2. The van der Waals surface area contributed by atoms with Crippen LogP contribution in [0.2, 0.25) is 0 Å². The summed E-state index contributed by atoms with van der Waals surface area (Å²) in [7, 11) is 3.58. The monoisotopic (exact) mass is 273 g/mol. The second-order valence-corrected chi connectivity index (χ2v) is 4.44. The zero-order valence-corrected chi connectivity index (χ0v) is 11.6. The Morgan fingerprint density at radius 1 is 1.32 bits per heavy atom. The molecule has 0 radical (unpaired) electrons. The van der Waals surface area contributed by atoms with E-state index in [1.807, 2.05) is 48.3 Å². The second-order valence-electron chi connectivity index (χ2n) is 4.00. The van der Waals surface area contributed by atoms with Crippen molar-refractivity contribution in [3.8, 4) is 5.75 Å². The first kappa shape index (κ1) is 13.3. The minimum absolute atomic E-state index is 0.283. The van der Waals surface area contributed by atoms with Gasteiger partial charge in [-0.15, -0.1) is 0 Å². The lowest BCUT2D eigenvalue weighted by atomic mass is 10.2. The van der Waals surface area contributed by atoms with Crippen molar-refractivity contribution in [1.82, 2.24) is 4.98 Å². The van der Waals surface area contributed by atoms with Crippen LogP contribution in [0.3, 0.4) is 0 Å². The molecule has 98 valence electrons. The first-order valence-corrected chi connectivity index (χ1v) is 6.17. The Morgan fingerprint density at radius 3 is 2.79 bits per heavy atom. The van der Waals surface area contributed by atoms with Gasteiger partial charge in [-0.05, 0) is 24.3 Å². The highest BCUT2D eigenvalue weighted by molar-refractivity contribution is 7.80. The number of nitrogens with two attached hydrogens (primary N) is 1. The fourth-order valence-electron chi connectivity index (χ4n) is 1.82. The van der Waals surface area contributed by atoms with Crippen LogP contribution in [0, 0.1) is 0 Å². The van der Waals surface area contributed by atoms with Crippen molar-refractivity contribution in [2.75, 3.05) is 19.1 Å². The van der Waals surface area contributed by atoms with E-state index < -0.39 is 0 Å². The number of hydrogen-bond donors (Lipinski definition) is 1. The van der Waals surface area contributed by atoms with E-state index in [0.29, 0.717) is 5.69 Å². The predicted molar refractivity (Wildman–Crippen MR) is 81.2 cm³/mol. The van der Waals surface area contributed by atoms with Crippen LogP contribution in [0.15, 0.2) is 42.6 Å². The van der Waals surface area contributed by atoms with Crippen molar-refractivity contribution < 1.29 is 4.74 Å². The van der Waals surface area contributed by atoms with Crippen molar-refractivity contribution in [3.63, 3.8) is 0 Å². The fraction of sp³-hybridized carbons (Fsp3) is 0.143. The number of thiocarbonyl (C=S) groups is 1. The van der Waals surface area contributed by atoms with Crippen molar-refractivity contribution >= 4 is 28.6 Å². The summed E-state index contributed by atoms with van der Waals surface area (Å²) in [5, 5.41) is 0. The van der Waals surface area contributed by atoms with E-state index >= 15 is 0 Å². The Labute approximate surface area is 117 Å². The third-order valence-corrected chi connectivity index (χ3v) is 3.02. The number of rotatable bonds is 4. The number of benzene rings is 1. The summed E-state index contributed by atoms with van der Waals surface area (Å²) in [5.41, 5.74) is 8.16. The molecular weight excluding hydrogens is 258 g/mol. The van der Waals surface area contributed by atoms with Crippen LogP contribution in [-0.2, 0) is 0 Å². The minimum Gasteiger partial charge on any atom is -0.497 e. The van der Waals surface area contributed by atoms with Gasteiger partial charge in [0.1, 0.15) is 16.4 Å². The molecule has 5 heteroatoms.